The lowest BCUT2D eigenvalue weighted by molar-refractivity contribution is -0.105. The van der Waals surface area contributed by atoms with Crippen molar-refractivity contribution in [1.29, 1.82) is 0 Å². The minimum Gasteiger partial charge on any atom is -0.0651 e. The molecule has 0 heterocycles. The summed E-state index contributed by atoms with van der Waals surface area (Å²) in [5.41, 5.74) is 0. The zero-order chi connectivity index (χ0) is 7.14. The van der Waals surface area contributed by atoms with Gasteiger partial charge in [-0.15, -0.1) is 0 Å². The zero-order valence-corrected chi connectivity index (χ0v) is 7.14. The van der Waals surface area contributed by atoms with E-state index < -0.39 is 0 Å². The molecule has 0 radical (unpaired) electrons. The molecule has 0 aromatic carbocycles. The molecule has 4 unspecified atom stereocenters. The number of fused-ring (bicyclic) bond motifs is 1. The summed E-state index contributed by atoms with van der Waals surface area (Å²) in [7, 11) is 0. The summed E-state index contributed by atoms with van der Waals surface area (Å²) in [6, 6.07) is 0. The molecule has 4 atom stereocenters. The van der Waals surface area contributed by atoms with Gasteiger partial charge in [-0.2, -0.15) is 0 Å². The third-order valence-electron chi connectivity index (χ3n) is 3.98. The Hall–Kier alpha value is 0. The van der Waals surface area contributed by atoms with Crippen molar-refractivity contribution in [3.8, 4) is 0 Å². The van der Waals surface area contributed by atoms with Crippen LogP contribution in [0.25, 0.3) is 0 Å². The Bertz CT molecular complexity index is 112. The van der Waals surface area contributed by atoms with Crippen molar-refractivity contribution < 1.29 is 0 Å². The van der Waals surface area contributed by atoms with Crippen molar-refractivity contribution in [2.24, 2.45) is 23.7 Å². The first-order valence-corrected chi connectivity index (χ1v) is 4.88. The summed E-state index contributed by atoms with van der Waals surface area (Å²) in [5.74, 6) is 4.61. The molecule has 0 saturated heterocycles. The highest BCUT2D eigenvalue weighted by molar-refractivity contribution is 5.01. The number of rotatable bonds is 2. The maximum atomic E-state index is 2.36. The van der Waals surface area contributed by atoms with E-state index >= 15 is 0 Å². The van der Waals surface area contributed by atoms with E-state index in [-0.39, 0.29) is 0 Å². The Morgan fingerprint density at radius 2 is 1.30 bits per heavy atom. The standard InChI is InChI=1S/C10H18/c1-3-7-8(4-2)10-6-5-9(7)10/h7-10H,3-6H2,1-2H3. The topological polar surface area (TPSA) is 0 Å². The second-order valence-corrected chi connectivity index (χ2v) is 4.05. The molecule has 0 spiro atoms. The van der Waals surface area contributed by atoms with Crippen LogP contribution in [-0.4, -0.2) is 0 Å². The van der Waals surface area contributed by atoms with E-state index in [1.807, 2.05) is 0 Å². The molecular formula is C10H18. The molecular weight excluding hydrogens is 120 g/mol. The fraction of sp³-hybridized carbons (Fsp3) is 1.00. The van der Waals surface area contributed by atoms with E-state index in [0.29, 0.717) is 0 Å². The zero-order valence-electron chi connectivity index (χ0n) is 7.14. The van der Waals surface area contributed by atoms with Gasteiger partial charge >= 0.3 is 0 Å². The molecule has 0 aromatic heterocycles. The first kappa shape index (κ1) is 6.69. The SMILES string of the molecule is CCC1C(CC)C2CCC12. The van der Waals surface area contributed by atoms with Crippen LogP contribution in [0.1, 0.15) is 39.5 Å². The van der Waals surface area contributed by atoms with Crippen molar-refractivity contribution >= 4 is 0 Å². The molecule has 0 aliphatic heterocycles. The molecule has 0 amide bonds. The van der Waals surface area contributed by atoms with Crippen LogP contribution in [0.3, 0.4) is 0 Å². The summed E-state index contributed by atoms with van der Waals surface area (Å²) in [6.07, 6.45) is 6.00. The normalized spacial score (nSPS) is 51.0. The molecule has 0 nitrogen and oxygen atoms in total. The minimum atomic E-state index is 1.13. The fourth-order valence-electron chi connectivity index (χ4n) is 3.32. The summed E-state index contributed by atoms with van der Waals surface area (Å²) in [5, 5.41) is 0. The van der Waals surface area contributed by atoms with Gasteiger partial charge in [-0.05, 0) is 36.5 Å². The van der Waals surface area contributed by atoms with Gasteiger partial charge < -0.3 is 0 Å². The first-order valence-electron chi connectivity index (χ1n) is 4.88. The van der Waals surface area contributed by atoms with Crippen LogP contribution in [0, 0.1) is 23.7 Å². The Balaban J connectivity index is 1.95. The molecule has 2 aliphatic rings. The summed E-state index contributed by atoms with van der Waals surface area (Å²) < 4.78 is 0. The highest BCUT2D eigenvalue weighted by atomic mass is 14.6. The molecule has 0 heteroatoms. The van der Waals surface area contributed by atoms with Gasteiger partial charge in [0.15, 0.2) is 0 Å². The van der Waals surface area contributed by atoms with Gasteiger partial charge in [0.1, 0.15) is 0 Å². The van der Waals surface area contributed by atoms with Crippen molar-refractivity contribution in [3.05, 3.63) is 0 Å². The molecule has 0 aromatic rings. The third kappa shape index (κ3) is 0.627. The summed E-state index contributed by atoms with van der Waals surface area (Å²) in [4.78, 5) is 0. The van der Waals surface area contributed by atoms with Crippen LogP contribution in [-0.2, 0) is 0 Å². The lowest BCUT2D eigenvalue weighted by atomic mass is 9.46. The van der Waals surface area contributed by atoms with E-state index in [9.17, 15) is 0 Å². The third-order valence-corrected chi connectivity index (χ3v) is 3.98. The fourth-order valence-corrected chi connectivity index (χ4v) is 3.32. The van der Waals surface area contributed by atoms with E-state index in [4.69, 9.17) is 0 Å². The quantitative estimate of drug-likeness (QED) is 0.550. The Kier molecular flexibility index (Phi) is 1.51. The highest BCUT2D eigenvalue weighted by Crippen LogP contribution is 2.60. The average molecular weight is 138 g/mol. The molecule has 2 rings (SSSR count). The molecule has 2 aliphatic carbocycles. The minimum absolute atomic E-state index is 1.13. The van der Waals surface area contributed by atoms with Crippen LogP contribution in [0.4, 0.5) is 0 Å². The molecule has 2 fully saturated rings. The maximum Gasteiger partial charge on any atom is -0.0352 e. The van der Waals surface area contributed by atoms with Crippen LogP contribution in [0.5, 0.6) is 0 Å². The van der Waals surface area contributed by atoms with Crippen molar-refractivity contribution in [2.75, 3.05) is 0 Å². The summed E-state index contributed by atoms with van der Waals surface area (Å²) >= 11 is 0. The van der Waals surface area contributed by atoms with Crippen molar-refractivity contribution in [3.63, 3.8) is 0 Å². The van der Waals surface area contributed by atoms with Crippen LogP contribution >= 0.6 is 0 Å². The van der Waals surface area contributed by atoms with Gasteiger partial charge in [0.25, 0.3) is 0 Å². The van der Waals surface area contributed by atoms with Crippen LogP contribution in [0.15, 0.2) is 0 Å². The molecule has 0 bridgehead atoms. The van der Waals surface area contributed by atoms with Gasteiger partial charge in [-0.1, -0.05) is 26.7 Å². The van der Waals surface area contributed by atoms with Gasteiger partial charge in [0.2, 0.25) is 0 Å². The second-order valence-electron chi connectivity index (χ2n) is 4.05. The van der Waals surface area contributed by atoms with Crippen LogP contribution < -0.4 is 0 Å². The Morgan fingerprint density at radius 3 is 1.50 bits per heavy atom. The van der Waals surface area contributed by atoms with Crippen molar-refractivity contribution in [1.82, 2.24) is 0 Å². The van der Waals surface area contributed by atoms with E-state index in [1.165, 1.54) is 24.7 Å². The lowest BCUT2D eigenvalue weighted by Gasteiger charge is -2.59. The van der Waals surface area contributed by atoms with Gasteiger partial charge in [-0.25, -0.2) is 0 Å². The highest BCUT2D eigenvalue weighted by Gasteiger charge is 2.52. The smallest absolute Gasteiger partial charge is 0.0352 e. The monoisotopic (exact) mass is 138 g/mol. The molecule has 10 heavy (non-hydrogen) atoms. The predicted molar refractivity (Wildman–Crippen MR) is 43.8 cm³/mol. The lowest BCUT2D eigenvalue weighted by Crippen LogP contribution is -2.52. The van der Waals surface area contributed by atoms with Gasteiger partial charge in [0, 0.05) is 0 Å². The Morgan fingerprint density at radius 1 is 0.900 bits per heavy atom. The van der Waals surface area contributed by atoms with E-state index in [2.05, 4.69) is 13.8 Å². The number of hydrogen-bond acceptors (Lipinski definition) is 0. The average Bonchev–Trinajstić information content (AvgIpc) is 1.92. The van der Waals surface area contributed by atoms with E-state index in [0.717, 1.165) is 11.8 Å². The largest absolute Gasteiger partial charge is 0.0651 e. The maximum absolute atomic E-state index is 2.36. The predicted octanol–water partition coefficient (Wildman–Crippen LogP) is 3.08. The van der Waals surface area contributed by atoms with Crippen molar-refractivity contribution in [2.45, 2.75) is 39.5 Å². The van der Waals surface area contributed by atoms with Gasteiger partial charge in [0.05, 0.1) is 0 Å². The number of hydrogen-bond donors (Lipinski definition) is 0. The molecule has 58 valence electrons. The molecule has 0 N–H and O–H groups in total. The van der Waals surface area contributed by atoms with Crippen LogP contribution in [0.2, 0.25) is 0 Å². The van der Waals surface area contributed by atoms with Gasteiger partial charge in [-0.3, -0.25) is 0 Å². The first-order chi connectivity index (χ1) is 4.88. The second kappa shape index (κ2) is 2.25. The Labute approximate surface area is 64.0 Å². The molecule has 2 saturated carbocycles. The summed E-state index contributed by atoms with van der Waals surface area (Å²) in [6.45, 7) is 4.73. The van der Waals surface area contributed by atoms with E-state index in [1.54, 1.807) is 12.8 Å².